The van der Waals surface area contributed by atoms with Crippen molar-refractivity contribution < 1.29 is 21.9 Å². The Morgan fingerprint density at radius 1 is 1.11 bits per heavy atom. The minimum atomic E-state index is -3.64. The third kappa shape index (κ3) is 4.66. The van der Waals surface area contributed by atoms with Gasteiger partial charge in [-0.25, -0.2) is 21.9 Å². The molecule has 0 saturated heterocycles. The molecule has 6 nitrogen and oxygen atoms in total. The summed E-state index contributed by atoms with van der Waals surface area (Å²) in [6.45, 7) is 3.17. The highest BCUT2D eigenvalue weighted by atomic mass is 32.2. The minimum Gasteiger partial charge on any atom is -0.468 e. The number of halogens is 2. The summed E-state index contributed by atoms with van der Waals surface area (Å²) in [5, 5.41) is 4.23. The number of anilines is 1. The van der Waals surface area contributed by atoms with E-state index >= 15 is 0 Å². The molecular weight excluding hydrogens is 388 g/mol. The Hall–Kier alpha value is -2.94. The fourth-order valence-electron chi connectivity index (χ4n) is 2.68. The van der Waals surface area contributed by atoms with Crippen LogP contribution in [-0.2, 0) is 22.5 Å². The van der Waals surface area contributed by atoms with Crippen molar-refractivity contribution in [1.82, 2.24) is 9.78 Å². The van der Waals surface area contributed by atoms with Crippen LogP contribution in [0, 0.1) is 25.5 Å². The fraction of sp³-hybridized carbons (Fsp3) is 0.211. The smallest absolute Gasteiger partial charge is 0.237 e. The average molecular weight is 407 g/mol. The maximum Gasteiger partial charge on any atom is 0.237 e. The molecule has 2 aromatic carbocycles. The number of hydrogen-bond donors (Lipinski definition) is 1. The summed E-state index contributed by atoms with van der Waals surface area (Å²) in [6.07, 6.45) is 0. The molecule has 9 heteroatoms. The molecule has 28 heavy (non-hydrogen) atoms. The predicted molar refractivity (Wildman–Crippen MR) is 101 cm³/mol. The molecule has 0 spiro atoms. The van der Waals surface area contributed by atoms with Crippen molar-refractivity contribution in [3.05, 3.63) is 77.1 Å². The topological polar surface area (TPSA) is 73.2 Å². The summed E-state index contributed by atoms with van der Waals surface area (Å²) in [5.41, 5.74) is 1.97. The second-order valence-corrected chi connectivity index (χ2v) is 7.96. The Morgan fingerprint density at radius 2 is 1.82 bits per heavy atom. The van der Waals surface area contributed by atoms with Gasteiger partial charge in [0.15, 0.2) is 18.3 Å². The Kier molecular flexibility index (Phi) is 5.64. The van der Waals surface area contributed by atoms with Gasteiger partial charge < -0.3 is 4.74 Å². The van der Waals surface area contributed by atoms with Crippen molar-refractivity contribution in [2.75, 3.05) is 4.72 Å². The van der Waals surface area contributed by atoms with Crippen LogP contribution < -0.4 is 9.46 Å². The van der Waals surface area contributed by atoms with Crippen molar-refractivity contribution in [2.45, 2.75) is 26.3 Å². The van der Waals surface area contributed by atoms with Crippen LogP contribution in [0.4, 0.5) is 14.5 Å². The Balaban J connectivity index is 1.74. The molecule has 0 atom stereocenters. The van der Waals surface area contributed by atoms with Gasteiger partial charge in [-0.1, -0.05) is 30.3 Å². The van der Waals surface area contributed by atoms with E-state index in [2.05, 4.69) is 9.82 Å². The molecule has 0 aliphatic heterocycles. The second kappa shape index (κ2) is 7.97. The quantitative estimate of drug-likeness (QED) is 0.647. The van der Waals surface area contributed by atoms with E-state index in [-0.39, 0.29) is 18.2 Å². The molecule has 0 amide bonds. The predicted octanol–water partition coefficient (Wildman–Crippen LogP) is 3.76. The zero-order valence-corrected chi connectivity index (χ0v) is 16.1. The lowest BCUT2D eigenvalue weighted by Crippen LogP contribution is -2.16. The Morgan fingerprint density at radius 3 is 2.50 bits per heavy atom. The van der Waals surface area contributed by atoms with Crippen LogP contribution in [0.2, 0.25) is 0 Å². The van der Waals surface area contributed by atoms with Crippen LogP contribution in [0.1, 0.15) is 17.0 Å². The summed E-state index contributed by atoms with van der Waals surface area (Å²) in [4.78, 5) is 0. The van der Waals surface area contributed by atoms with E-state index in [1.165, 1.54) is 10.7 Å². The maximum absolute atomic E-state index is 13.7. The van der Waals surface area contributed by atoms with E-state index in [0.29, 0.717) is 22.6 Å². The van der Waals surface area contributed by atoms with E-state index in [0.717, 1.165) is 12.1 Å². The van der Waals surface area contributed by atoms with Gasteiger partial charge in [-0.15, -0.1) is 0 Å². The molecule has 1 aromatic heterocycles. The lowest BCUT2D eigenvalue weighted by atomic mass is 10.2. The molecule has 0 unspecified atom stereocenters. The van der Waals surface area contributed by atoms with Crippen LogP contribution in [0.15, 0.2) is 48.5 Å². The first-order valence-electron chi connectivity index (χ1n) is 8.41. The first-order valence-corrected chi connectivity index (χ1v) is 10.1. The van der Waals surface area contributed by atoms with Crippen LogP contribution in [0.25, 0.3) is 0 Å². The van der Waals surface area contributed by atoms with Crippen molar-refractivity contribution in [2.24, 2.45) is 0 Å². The number of rotatable bonds is 7. The summed E-state index contributed by atoms with van der Waals surface area (Å²) in [6, 6.07) is 11.8. The van der Waals surface area contributed by atoms with Gasteiger partial charge in [0.05, 0.1) is 22.8 Å². The molecular formula is C19H19F2N3O3S. The molecule has 0 bridgehead atoms. The van der Waals surface area contributed by atoms with Crippen LogP contribution in [0.5, 0.6) is 5.75 Å². The SMILES string of the molecule is Cc1nn(COc2ccc(F)cc2F)c(C)c1NS(=O)(=O)Cc1ccccc1. The monoisotopic (exact) mass is 407 g/mol. The highest BCUT2D eigenvalue weighted by Gasteiger charge is 2.19. The molecule has 0 fully saturated rings. The number of ether oxygens (including phenoxy) is 1. The lowest BCUT2D eigenvalue weighted by Gasteiger charge is -2.10. The summed E-state index contributed by atoms with van der Waals surface area (Å²) in [7, 11) is -3.64. The number of benzene rings is 2. The Bertz CT molecular complexity index is 1080. The van der Waals surface area contributed by atoms with Crippen molar-refractivity contribution >= 4 is 15.7 Å². The van der Waals surface area contributed by atoms with Gasteiger partial charge in [-0.2, -0.15) is 5.10 Å². The zero-order valence-electron chi connectivity index (χ0n) is 15.3. The van der Waals surface area contributed by atoms with Gasteiger partial charge in [0.1, 0.15) is 5.82 Å². The summed E-state index contributed by atoms with van der Waals surface area (Å²) < 4.78 is 60.9. The molecule has 3 aromatic rings. The number of hydrogen-bond acceptors (Lipinski definition) is 4. The van der Waals surface area contributed by atoms with Crippen molar-refractivity contribution in [3.63, 3.8) is 0 Å². The Labute approximate surface area is 161 Å². The normalized spacial score (nSPS) is 11.4. The minimum absolute atomic E-state index is 0.125. The molecule has 1 heterocycles. The molecule has 0 aliphatic carbocycles. The lowest BCUT2D eigenvalue weighted by molar-refractivity contribution is 0.208. The van der Waals surface area contributed by atoms with Gasteiger partial charge in [0.2, 0.25) is 10.0 Å². The third-order valence-corrected chi connectivity index (χ3v) is 5.30. The van der Waals surface area contributed by atoms with Crippen molar-refractivity contribution in [3.8, 4) is 5.75 Å². The second-order valence-electron chi connectivity index (χ2n) is 6.24. The molecule has 0 saturated carbocycles. The number of aryl methyl sites for hydroxylation is 1. The van der Waals surface area contributed by atoms with Crippen molar-refractivity contribution in [1.29, 1.82) is 0 Å². The van der Waals surface area contributed by atoms with Gasteiger partial charge in [0.25, 0.3) is 0 Å². The van der Waals surface area contributed by atoms with Gasteiger partial charge in [-0.3, -0.25) is 4.72 Å². The summed E-state index contributed by atoms with van der Waals surface area (Å²) in [5.74, 6) is -1.83. The highest BCUT2D eigenvalue weighted by Crippen LogP contribution is 2.23. The molecule has 0 radical (unpaired) electrons. The fourth-order valence-corrected chi connectivity index (χ4v) is 3.99. The third-order valence-electron chi connectivity index (χ3n) is 4.07. The summed E-state index contributed by atoms with van der Waals surface area (Å²) >= 11 is 0. The van der Waals surface area contributed by atoms with E-state index in [4.69, 9.17) is 4.74 Å². The van der Waals surface area contributed by atoms with E-state index < -0.39 is 21.7 Å². The molecule has 1 N–H and O–H groups in total. The van der Waals surface area contributed by atoms with Gasteiger partial charge in [-0.05, 0) is 31.5 Å². The van der Waals surface area contributed by atoms with E-state index in [9.17, 15) is 17.2 Å². The first-order chi connectivity index (χ1) is 13.2. The van der Waals surface area contributed by atoms with Gasteiger partial charge >= 0.3 is 0 Å². The maximum atomic E-state index is 13.7. The number of nitrogens with one attached hydrogen (secondary N) is 1. The van der Waals surface area contributed by atoms with E-state index in [1.807, 2.05) is 6.07 Å². The number of sulfonamides is 1. The van der Waals surface area contributed by atoms with Crippen LogP contribution in [-0.4, -0.2) is 18.2 Å². The molecule has 0 aliphatic rings. The average Bonchev–Trinajstić information content (AvgIpc) is 2.88. The highest BCUT2D eigenvalue weighted by molar-refractivity contribution is 7.91. The van der Waals surface area contributed by atoms with Gasteiger partial charge in [0, 0.05) is 6.07 Å². The standard InChI is InChI=1S/C19H19F2N3O3S/c1-13-19(23-28(25,26)11-15-6-4-3-5-7-15)14(2)24(22-13)12-27-18-9-8-16(20)10-17(18)21/h3-10,23H,11-12H2,1-2H3. The van der Waals surface area contributed by atoms with E-state index in [1.54, 1.807) is 38.1 Å². The largest absolute Gasteiger partial charge is 0.468 e. The van der Waals surface area contributed by atoms with Crippen LogP contribution in [0.3, 0.4) is 0 Å². The molecule has 3 rings (SSSR count). The first kappa shape index (κ1) is 19.8. The number of nitrogens with zero attached hydrogens (tertiary/aromatic N) is 2. The van der Waals surface area contributed by atoms with Crippen LogP contribution >= 0.6 is 0 Å². The number of aromatic nitrogens is 2. The molecule has 148 valence electrons. The zero-order chi connectivity index (χ0) is 20.3.